The van der Waals surface area contributed by atoms with Crippen LogP contribution in [-0.4, -0.2) is 31.0 Å². The molecule has 5 heteroatoms. The molecule has 1 unspecified atom stereocenters. The fourth-order valence-electron chi connectivity index (χ4n) is 3.50. The summed E-state index contributed by atoms with van der Waals surface area (Å²) in [7, 11) is -2.71. The maximum Gasteiger partial charge on any atom is 0.225 e. The Morgan fingerprint density at radius 2 is 2.00 bits per heavy atom. The van der Waals surface area contributed by atoms with Gasteiger partial charge in [0, 0.05) is 12.7 Å². The Kier molecular flexibility index (Phi) is 8.91. The van der Waals surface area contributed by atoms with Crippen LogP contribution in [0.5, 0.6) is 0 Å². The van der Waals surface area contributed by atoms with E-state index in [0.29, 0.717) is 25.2 Å². The summed E-state index contributed by atoms with van der Waals surface area (Å²) in [5.74, 6) is 2.30. The lowest BCUT2D eigenvalue weighted by Crippen LogP contribution is -2.24. The van der Waals surface area contributed by atoms with Gasteiger partial charge in [-0.3, -0.25) is 4.57 Å². The standard InChI is InChI=1S/C20H32NO3P/c1-2-24-25(23,17-18-10-5-3-6-11-18)15-9-14-21-20(16-22)19-12-7-4-8-13-19/h4,7-9,12-13,15,18,20-22H,2-3,5-6,10-11,14,16-17H2,1H3/b15-9+/t20-,25?/m0/s1. The zero-order valence-electron chi connectivity index (χ0n) is 15.3. The molecule has 1 fully saturated rings. The van der Waals surface area contributed by atoms with Crippen LogP contribution in [0.4, 0.5) is 0 Å². The molecule has 0 spiro atoms. The van der Waals surface area contributed by atoms with Gasteiger partial charge >= 0.3 is 0 Å². The molecule has 0 amide bonds. The van der Waals surface area contributed by atoms with Gasteiger partial charge in [0.15, 0.2) is 0 Å². The fourth-order valence-corrected chi connectivity index (χ4v) is 5.76. The summed E-state index contributed by atoms with van der Waals surface area (Å²) in [6, 6.07) is 9.75. The highest BCUT2D eigenvalue weighted by molar-refractivity contribution is 7.62. The van der Waals surface area contributed by atoms with Gasteiger partial charge in [-0.15, -0.1) is 0 Å². The van der Waals surface area contributed by atoms with Gasteiger partial charge in [0.1, 0.15) is 0 Å². The van der Waals surface area contributed by atoms with Crippen molar-refractivity contribution in [2.45, 2.75) is 45.1 Å². The van der Waals surface area contributed by atoms with Crippen LogP contribution < -0.4 is 5.32 Å². The van der Waals surface area contributed by atoms with Crippen LogP contribution in [0, 0.1) is 5.92 Å². The first-order valence-electron chi connectivity index (χ1n) is 9.47. The number of aliphatic hydroxyl groups is 1. The third-order valence-corrected chi connectivity index (χ3v) is 7.17. The lowest BCUT2D eigenvalue weighted by molar-refractivity contribution is 0.248. The van der Waals surface area contributed by atoms with Gasteiger partial charge < -0.3 is 14.9 Å². The topological polar surface area (TPSA) is 58.6 Å². The van der Waals surface area contributed by atoms with Gasteiger partial charge in [0.05, 0.1) is 19.3 Å². The minimum Gasteiger partial charge on any atom is -0.394 e. The summed E-state index contributed by atoms with van der Waals surface area (Å²) < 4.78 is 18.7. The van der Waals surface area contributed by atoms with Crippen molar-refractivity contribution < 1.29 is 14.2 Å². The summed E-state index contributed by atoms with van der Waals surface area (Å²) in [6.45, 7) is 2.97. The maximum atomic E-state index is 13.1. The SMILES string of the molecule is CCOP(=O)(/C=C/CN[C@@H](CO)c1ccccc1)CC1CCCCC1. The van der Waals surface area contributed by atoms with Crippen LogP contribution >= 0.6 is 7.37 Å². The molecule has 1 aliphatic carbocycles. The van der Waals surface area contributed by atoms with Crippen LogP contribution in [0.15, 0.2) is 42.2 Å². The van der Waals surface area contributed by atoms with Crippen molar-refractivity contribution in [2.75, 3.05) is 25.9 Å². The minimum absolute atomic E-state index is 0.0308. The molecule has 1 aliphatic rings. The van der Waals surface area contributed by atoms with Crippen LogP contribution in [0.3, 0.4) is 0 Å². The van der Waals surface area contributed by atoms with Gasteiger partial charge in [-0.2, -0.15) is 0 Å². The Labute approximate surface area is 152 Å². The smallest absolute Gasteiger partial charge is 0.225 e. The van der Waals surface area contributed by atoms with Crippen molar-refractivity contribution in [2.24, 2.45) is 5.92 Å². The van der Waals surface area contributed by atoms with Gasteiger partial charge in [-0.05, 0) is 37.1 Å². The predicted octanol–water partition coefficient (Wildman–Crippen LogP) is 4.72. The fraction of sp³-hybridized carbons (Fsp3) is 0.600. The Morgan fingerprint density at radius 3 is 2.64 bits per heavy atom. The minimum atomic E-state index is -2.71. The number of benzene rings is 1. The highest BCUT2D eigenvalue weighted by Gasteiger charge is 2.25. The van der Waals surface area contributed by atoms with E-state index >= 15 is 0 Å². The molecular formula is C20H32NO3P. The summed E-state index contributed by atoms with van der Waals surface area (Å²) in [4.78, 5) is 0. The first-order valence-corrected chi connectivity index (χ1v) is 11.3. The quantitative estimate of drug-likeness (QED) is 0.589. The first kappa shape index (κ1) is 20.4. The van der Waals surface area contributed by atoms with Crippen LogP contribution in [0.25, 0.3) is 0 Å². The molecule has 0 bridgehead atoms. The zero-order valence-corrected chi connectivity index (χ0v) is 16.2. The number of hydrogen-bond acceptors (Lipinski definition) is 4. The van der Waals surface area contributed by atoms with Crippen molar-refractivity contribution >= 4 is 7.37 Å². The second-order valence-corrected chi connectivity index (χ2v) is 9.14. The van der Waals surface area contributed by atoms with E-state index in [0.717, 1.165) is 5.56 Å². The van der Waals surface area contributed by atoms with E-state index in [-0.39, 0.29) is 12.6 Å². The molecule has 0 heterocycles. The summed E-state index contributed by atoms with van der Waals surface area (Å²) in [5, 5.41) is 12.9. The molecule has 140 valence electrons. The third-order valence-electron chi connectivity index (χ3n) is 4.78. The molecule has 0 saturated heterocycles. The molecule has 2 rings (SSSR count). The summed E-state index contributed by atoms with van der Waals surface area (Å²) >= 11 is 0. The first-order chi connectivity index (χ1) is 12.2. The number of nitrogens with one attached hydrogen (secondary N) is 1. The molecular weight excluding hydrogens is 333 g/mol. The van der Waals surface area contributed by atoms with Crippen molar-refractivity contribution in [1.29, 1.82) is 0 Å². The third kappa shape index (κ3) is 7.07. The number of rotatable bonds is 10. The Bertz CT molecular complexity index is 555. The second kappa shape index (κ2) is 10.9. The van der Waals surface area contributed by atoms with E-state index in [1.807, 2.05) is 43.3 Å². The van der Waals surface area contributed by atoms with Crippen molar-refractivity contribution in [1.82, 2.24) is 5.32 Å². The average Bonchev–Trinajstić information content (AvgIpc) is 2.63. The molecule has 0 radical (unpaired) electrons. The van der Waals surface area contributed by atoms with E-state index in [1.54, 1.807) is 5.82 Å². The van der Waals surface area contributed by atoms with Gasteiger partial charge in [-0.25, -0.2) is 0 Å². The van der Waals surface area contributed by atoms with Crippen molar-refractivity contribution in [3.05, 3.63) is 47.8 Å². The van der Waals surface area contributed by atoms with Crippen LogP contribution in [0.2, 0.25) is 0 Å². The molecule has 1 aromatic rings. The monoisotopic (exact) mass is 365 g/mol. The molecule has 1 aromatic carbocycles. The molecule has 4 nitrogen and oxygen atoms in total. The van der Waals surface area contributed by atoms with Crippen molar-refractivity contribution in [3.63, 3.8) is 0 Å². The van der Waals surface area contributed by atoms with Gasteiger partial charge in [0.25, 0.3) is 0 Å². The average molecular weight is 365 g/mol. The lowest BCUT2D eigenvalue weighted by Gasteiger charge is -2.25. The van der Waals surface area contributed by atoms with E-state index < -0.39 is 7.37 Å². The summed E-state index contributed by atoms with van der Waals surface area (Å²) in [6.07, 6.45) is 8.70. The lowest BCUT2D eigenvalue weighted by atomic mass is 9.91. The zero-order chi connectivity index (χ0) is 18.0. The normalized spacial score (nSPS) is 19.8. The number of hydrogen-bond donors (Lipinski definition) is 2. The van der Waals surface area contributed by atoms with E-state index in [4.69, 9.17) is 4.52 Å². The molecule has 0 aliphatic heterocycles. The Balaban J connectivity index is 1.88. The predicted molar refractivity (Wildman–Crippen MR) is 104 cm³/mol. The van der Waals surface area contributed by atoms with E-state index in [2.05, 4.69) is 5.32 Å². The van der Waals surface area contributed by atoms with Gasteiger partial charge in [0.2, 0.25) is 7.37 Å². The van der Waals surface area contributed by atoms with E-state index in [9.17, 15) is 9.67 Å². The highest BCUT2D eigenvalue weighted by atomic mass is 31.2. The molecule has 1 saturated carbocycles. The van der Waals surface area contributed by atoms with Crippen LogP contribution in [0.1, 0.15) is 50.6 Å². The Morgan fingerprint density at radius 1 is 1.28 bits per heavy atom. The second-order valence-electron chi connectivity index (χ2n) is 6.77. The highest BCUT2D eigenvalue weighted by Crippen LogP contribution is 2.51. The van der Waals surface area contributed by atoms with E-state index in [1.165, 1.54) is 32.1 Å². The Hall–Kier alpha value is -0.930. The van der Waals surface area contributed by atoms with Gasteiger partial charge in [-0.1, -0.05) is 55.7 Å². The largest absolute Gasteiger partial charge is 0.394 e. The summed E-state index contributed by atoms with van der Waals surface area (Å²) in [5.41, 5.74) is 1.05. The molecule has 2 atom stereocenters. The molecule has 25 heavy (non-hydrogen) atoms. The molecule has 0 aromatic heterocycles. The van der Waals surface area contributed by atoms with Crippen molar-refractivity contribution in [3.8, 4) is 0 Å². The number of aliphatic hydroxyl groups excluding tert-OH is 1. The van der Waals surface area contributed by atoms with Crippen LogP contribution in [-0.2, 0) is 9.09 Å². The maximum absolute atomic E-state index is 13.1. The molecule has 2 N–H and O–H groups in total.